The second kappa shape index (κ2) is 9.15. The molecule has 0 aliphatic rings. The lowest BCUT2D eigenvalue weighted by Crippen LogP contribution is -2.22. The molecule has 150 valence electrons. The van der Waals surface area contributed by atoms with Gasteiger partial charge in [-0.15, -0.1) is 11.8 Å². The molecule has 0 radical (unpaired) electrons. The van der Waals surface area contributed by atoms with Crippen molar-refractivity contribution in [1.82, 2.24) is 0 Å². The summed E-state index contributed by atoms with van der Waals surface area (Å²) in [7, 11) is -3.70. The Balaban J connectivity index is 1.65. The van der Waals surface area contributed by atoms with E-state index in [9.17, 15) is 13.2 Å². The molecule has 1 atom stereocenters. The number of thioether (sulfide) groups is 1. The Morgan fingerprint density at radius 1 is 0.897 bits per heavy atom. The summed E-state index contributed by atoms with van der Waals surface area (Å²) in [6.07, 6.45) is 0. The highest BCUT2D eigenvalue weighted by Crippen LogP contribution is 2.24. The van der Waals surface area contributed by atoms with Gasteiger partial charge in [0.25, 0.3) is 10.0 Å². The first-order valence-electron chi connectivity index (χ1n) is 9.06. The molecule has 0 unspecified atom stereocenters. The molecule has 0 spiro atoms. The van der Waals surface area contributed by atoms with Crippen molar-refractivity contribution >= 4 is 39.1 Å². The summed E-state index contributed by atoms with van der Waals surface area (Å²) in [4.78, 5) is 13.6. The Morgan fingerprint density at radius 2 is 1.52 bits per heavy atom. The van der Waals surface area contributed by atoms with E-state index in [1.54, 1.807) is 24.3 Å². The fourth-order valence-corrected chi connectivity index (χ4v) is 4.63. The number of aryl methyl sites for hydroxylation is 1. The molecule has 0 aliphatic carbocycles. The quantitative estimate of drug-likeness (QED) is 0.526. The van der Waals surface area contributed by atoms with E-state index in [0.717, 1.165) is 10.5 Å². The number of hydrogen-bond donors (Lipinski definition) is 2. The molecule has 0 aliphatic heterocycles. The lowest BCUT2D eigenvalue weighted by atomic mass is 10.2. The number of sulfonamides is 1. The van der Waals surface area contributed by atoms with Gasteiger partial charge in [0.2, 0.25) is 5.91 Å². The van der Waals surface area contributed by atoms with Gasteiger partial charge in [-0.25, -0.2) is 8.42 Å². The maximum absolute atomic E-state index is 12.6. The molecule has 3 aromatic carbocycles. The molecule has 29 heavy (non-hydrogen) atoms. The van der Waals surface area contributed by atoms with Crippen LogP contribution in [0.3, 0.4) is 0 Å². The lowest BCUT2D eigenvalue weighted by molar-refractivity contribution is -0.115. The predicted octanol–water partition coefficient (Wildman–Crippen LogP) is 4.92. The van der Waals surface area contributed by atoms with Crippen molar-refractivity contribution in [3.05, 3.63) is 84.4 Å². The van der Waals surface area contributed by atoms with E-state index in [1.807, 2.05) is 56.3 Å². The summed E-state index contributed by atoms with van der Waals surface area (Å²) < 4.78 is 27.8. The Kier molecular flexibility index (Phi) is 6.61. The number of para-hydroxylation sites is 1. The van der Waals surface area contributed by atoms with Gasteiger partial charge in [-0.2, -0.15) is 0 Å². The van der Waals surface area contributed by atoms with E-state index in [-0.39, 0.29) is 16.1 Å². The van der Waals surface area contributed by atoms with Crippen LogP contribution in [0.25, 0.3) is 0 Å². The third-order valence-electron chi connectivity index (χ3n) is 4.25. The second-order valence-corrected chi connectivity index (χ2v) is 9.60. The molecule has 0 bridgehead atoms. The number of rotatable bonds is 7. The number of amides is 1. The van der Waals surface area contributed by atoms with Crippen LogP contribution in [0.15, 0.2) is 88.7 Å². The van der Waals surface area contributed by atoms with E-state index >= 15 is 0 Å². The SMILES string of the molecule is Cc1ccccc1NS(=O)(=O)c1ccc(NC(=O)[C@@H](C)Sc2ccccc2)cc1. The van der Waals surface area contributed by atoms with E-state index < -0.39 is 10.0 Å². The number of anilines is 2. The van der Waals surface area contributed by atoms with Gasteiger partial charge in [0.05, 0.1) is 15.8 Å². The predicted molar refractivity (Wildman–Crippen MR) is 119 cm³/mol. The van der Waals surface area contributed by atoms with Gasteiger partial charge in [0.15, 0.2) is 0 Å². The molecule has 2 N–H and O–H groups in total. The van der Waals surface area contributed by atoms with Gasteiger partial charge in [-0.1, -0.05) is 36.4 Å². The third-order valence-corrected chi connectivity index (χ3v) is 6.74. The Hall–Kier alpha value is -2.77. The first-order valence-corrected chi connectivity index (χ1v) is 11.4. The minimum atomic E-state index is -3.70. The summed E-state index contributed by atoms with van der Waals surface area (Å²) in [5, 5.41) is 2.54. The van der Waals surface area contributed by atoms with Crippen LogP contribution < -0.4 is 10.0 Å². The number of hydrogen-bond acceptors (Lipinski definition) is 4. The summed E-state index contributed by atoms with van der Waals surface area (Å²) >= 11 is 1.46. The Bertz CT molecular complexity index is 1080. The lowest BCUT2D eigenvalue weighted by Gasteiger charge is -2.13. The number of nitrogens with one attached hydrogen (secondary N) is 2. The molecular weight excluding hydrogens is 404 g/mol. The van der Waals surface area contributed by atoms with Crippen molar-refractivity contribution in [2.45, 2.75) is 28.9 Å². The number of carbonyl (C=O) groups excluding carboxylic acids is 1. The van der Waals surface area contributed by atoms with Crippen molar-refractivity contribution in [2.75, 3.05) is 10.0 Å². The van der Waals surface area contributed by atoms with E-state index in [0.29, 0.717) is 11.4 Å². The van der Waals surface area contributed by atoms with Crippen LogP contribution in [0.4, 0.5) is 11.4 Å². The maximum Gasteiger partial charge on any atom is 0.261 e. The summed E-state index contributed by atoms with van der Waals surface area (Å²) in [6, 6.07) is 23.0. The fraction of sp³-hybridized carbons (Fsp3) is 0.136. The molecule has 5 nitrogen and oxygen atoms in total. The van der Waals surface area contributed by atoms with Crippen LogP contribution in [-0.2, 0) is 14.8 Å². The van der Waals surface area contributed by atoms with Crippen LogP contribution in [0, 0.1) is 6.92 Å². The number of benzene rings is 3. The van der Waals surface area contributed by atoms with Crippen LogP contribution in [0.5, 0.6) is 0 Å². The van der Waals surface area contributed by atoms with Crippen LogP contribution in [0.1, 0.15) is 12.5 Å². The van der Waals surface area contributed by atoms with E-state index in [2.05, 4.69) is 10.0 Å². The topological polar surface area (TPSA) is 75.3 Å². The zero-order chi connectivity index (χ0) is 20.9. The van der Waals surface area contributed by atoms with Crippen molar-refractivity contribution in [3.8, 4) is 0 Å². The molecule has 7 heteroatoms. The molecule has 3 aromatic rings. The zero-order valence-electron chi connectivity index (χ0n) is 16.1. The van der Waals surface area contributed by atoms with E-state index in [4.69, 9.17) is 0 Å². The van der Waals surface area contributed by atoms with Gasteiger partial charge in [-0.3, -0.25) is 9.52 Å². The standard InChI is InChI=1S/C22H22N2O3S2/c1-16-8-6-7-11-21(16)24-29(26,27)20-14-12-18(13-15-20)23-22(25)17(2)28-19-9-4-3-5-10-19/h3-15,17,24H,1-2H3,(H,23,25)/t17-/m1/s1. The molecule has 0 fully saturated rings. The Labute approximate surface area is 175 Å². The van der Waals surface area contributed by atoms with Crippen molar-refractivity contribution in [1.29, 1.82) is 0 Å². The maximum atomic E-state index is 12.6. The minimum Gasteiger partial charge on any atom is -0.325 e. The van der Waals surface area contributed by atoms with Gasteiger partial charge in [0.1, 0.15) is 0 Å². The highest BCUT2D eigenvalue weighted by molar-refractivity contribution is 8.00. The summed E-state index contributed by atoms with van der Waals surface area (Å²) in [5.41, 5.74) is 1.92. The van der Waals surface area contributed by atoms with Gasteiger partial charge >= 0.3 is 0 Å². The van der Waals surface area contributed by atoms with Crippen molar-refractivity contribution in [2.24, 2.45) is 0 Å². The normalized spacial score (nSPS) is 12.2. The molecule has 0 saturated heterocycles. The molecular formula is C22H22N2O3S2. The first kappa shape index (κ1) is 21.0. The monoisotopic (exact) mass is 426 g/mol. The van der Waals surface area contributed by atoms with Crippen LogP contribution >= 0.6 is 11.8 Å². The highest BCUT2D eigenvalue weighted by atomic mass is 32.2. The molecule has 1 amide bonds. The third kappa shape index (κ3) is 5.62. The molecule has 3 rings (SSSR count). The average molecular weight is 427 g/mol. The second-order valence-electron chi connectivity index (χ2n) is 6.51. The fourth-order valence-electron chi connectivity index (χ4n) is 2.61. The highest BCUT2D eigenvalue weighted by Gasteiger charge is 2.17. The van der Waals surface area contributed by atoms with Gasteiger partial charge in [-0.05, 0) is 61.9 Å². The number of carbonyl (C=O) groups is 1. The summed E-state index contributed by atoms with van der Waals surface area (Å²) in [6.45, 7) is 3.67. The van der Waals surface area contributed by atoms with Crippen molar-refractivity contribution < 1.29 is 13.2 Å². The van der Waals surface area contributed by atoms with Crippen LogP contribution in [-0.4, -0.2) is 19.6 Å². The molecule has 0 heterocycles. The zero-order valence-corrected chi connectivity index (χ0v) is 17.8. The molecule has 0 aromatic heterocycles. The Morgan fingerprint density at radius 3 is 2.17 bits per heavy atom. The molecule has 0 saturated carbocycles. The van der Waals surface area contributed by atoms with Gasteiger partial charge in [0, 0.05) is 10.6 Å². The largest absolute Gasteiger partial charge is 0.325 e. The average Bonchev–Trinajstić information content (AvgIpc) is 2.71. The van der Waals surface area contributed by atoms with Crippen molar-refractivity contribution in [3.63, 3.8) is 0 Å². The first-order chi connectivity index (χ1) is 13.8. The smallest absolute Gasteiger partial charge is 0.261 e. The minimum absolute atomic E-state index is 0.130. The summed E-state index contributed by atoms with van der Waals surface area (Å²) in [5.74, 6) is -0.146. The van der Waals surface area contributed by atoms with Gasteiger partial charge < -0.3 is 5.32 Å². The van der Waals surface area contributed by atoms with E-state index in [1.165, 1.54) is 23.9 Å². The van der Waals surface area contributed by atoms with Crippen LogP contribution in [0.2, 0.25) is 0 Å².